The van der Waals surface area contributed by atoms with E-state index in [0.29, 0.717) is 0 Å². The first-order valence-electron chi connectivity index (χ1n) is 13.9. The topological polar surface area (TPSA) is 161 Å². The van der Waals surface area contributed by atoms with Gasteiger partial charge in [-0.05, 0) is 58.3 Å². The summed E-state index contributed by atoms with van der Waals surface area (Å²) in [5, 5.41) is 10.2. The average Bonchev–Trinajstić information content (AvgIpc) is 3.71. The second kappa shape index (κ2) is 14.5. The number of hydrogen-bond acceptors (Lipinski definition) is 12. The molecule has 11 unspecified atom stereocenters. The standard InChI is InChI=1S/C15H20O6.C14H16O6.CH3.ClH.Mg/c1-7(2)14(17)19-6-11(16)20-12-8-4-9-10(5-8)15(3,18)21-13(9)12;1-6(2)13(16)18-5-10(15)19-11-7-3-8-9(4-7)14(17)20-12(8)11;;;/h8-10,12-13,18H,1,4-6H2,2-3H3;7-9,11-12H,1,3-5H2,2H3;1H3;1H;/q;;-1;;+2/p-1. The van der Waals surface area contributed by atoms with Gasteiger partial charge in [0, 0.05) is 28.9 Å². The molecular formula is C30H39ClMgO12. The van der Waals surface area contributed by atoms with E-state index in [4.69, 9.17) is 28.4 Å². The normalized spacial score (nSPS) is 37.1. The molecule has 0 amide bonds. The Kier molecular flexibility index (Phi) is 12.5. The van der Waals surface area contributed by atoms with Crippen molar-refractivity contribution in [3.05, 3.63) is 31.7 Å². The van der Waals surface area contributed by atoms with Crippen molar-refractivity contribution in [2.75, 3.05) is 13.2 Å². The third kappa shape index (κ3) is 7.27. The fourth-order valence-electron chi connectivity index (χ4n) is 7.48. The molecule has 0 aromatic rings. The molecule has 6 fully saturated rings. The summed E-state index contributed by atoms with van der Waals surface area (Å²) < 4.78 is 31.2. The molecular weight excluding hydrogens is 612 g/mol. The van der Waals surface area contributed by atoms with Gasteiger partial charge in [-0.1, -0.05) is 13.2 Å². The molecule has 12 nitrogen and oxygen atoms in total. The van der Waals surface area contributed by atoms with Gasteiger partial charge in [-0.15, -0.1) is 0 Å². The quantitative estimate of drug-likeness (QED) is 0.106. The molecule has 44 heavy (non-hydrogen) atoms. The van der Waals surface area contributed by atoms with E-state index in [-0.39, 0.29) is 114 Å². The fraction of sp³-hybridized carbons (Fsp3) is 0.667. The molecule has 6 aliphatic rings. The summed E-state index contributed by atoms with van der Waals surface area (Å²) in [5.74, 6) is -2.78. The van der Waals surface area contributed by atoms with Crippen molar-refractivity contribution in [3.8, 4) is 0 Å². The first-order chi connectivity index (χ1) is 19.3. The monoisotopic (exact) mass is 650 g/mol. The zero-order chi connectivity index (χ0) is 29.8. The Morgan fingerprint density at radius 3 is 1.86 bits per heavy atom. The van der Waals surface area contributed by atoms with Crippen LogP contribution >= 0.6 is 0 Å². The first kappa shape index (κ1) is 38.0. The summed E-state index contributed by atoms with van der Waals surface area (Å²) in [6.07, 6.45) is 2.01. The van der Waals surface area contributed by atoms with Gasteiger partial charge in [0.15, 0.2) is 19.0 Å². The Balaban J connectivity index is 0.000000287. The molecule has 4 aliphatic carbocycles. The number of carbonyl (C=O) groups excluding carboxylic acids is 5. The van der Waals surface area contributed by atoms with E-state index in [1.54, 1.807) is 6.92 Å². The molecule has 0 radical (unpaired) electrons. The first-order valence-corrected chi connectivity index (χ1v) is 13.9. The number of aliphatic hydroxyl groups is 1. The van der Waals surface area contributed by atoms with Gasteiger partial charge < -0.3 is 53.4 Å². The van der Waals surface area contributed by atoms with Gasteiger partial charge in [-0.2, -0.15) is 0 Å². The number of halogens is 1. The van der Waals surface area contributed by atoms with Crippen molar-refractivity contribution in [1.29, 1.82) is 0 Å². The second-order valence-corrected chi connectivity index (χ2v) is 12.2. The van der Waals surface area contributed by atoms with Crippen molar-refractivity contribution >= 4 is 52.9 Å². The summed E-state index contributed by atoms with van der Waals surface area (Å²) in [4.78, 5) is 57.5. The number of fused-ring (bicyclic) bond motifs is 2. The maximum absolute atomic E-state index is 11.8. The van der Waals surface area contributed by atoms with Gasteiger partial charge in [0.2, 0.25) is 0 Å². The molecule has 2 saturated heterocycles. The Bertz CT molecular complexity index is 1190. The third-order valence-corrected chi connectivity index (χ3v) is 9.21. The Labute approximate surface area is 279 Å². The predicted octanol–water partition coefficient (Wildman–Crippen LogP) is -1.55. The SMILES string of the molecule is C=C(C)C(=O)OCC(=O)OC1C2CC3C(=O)OC1C3C2.C=C(C)C(=O)OCC(=O)OC1C2CC3C1OC(C)(O)C3C2.[CH3-].[Cl-].[Mg+2]. The van der Waals surface area contributed by atoms with Crippen LogP contribution in [-0.2, 0) is 52.4 Å². The molecule has 0 spiro atoms. The van der Waals surface area contributed by atoms with Crippen LogP contribution in [0.4, 0.5) is 0 Å². The minimum Gasteiger partial charge on any atom is -1.00 e. The van der Waals surface area contributed by atoms with E-state index >= 15 is 0 Å². The van der Waals surface area contributed by atoms with E-state index in [2.05, 4.69) is 13.2 Å². The zero-order valence-corrected chi connectivity index (χ0v) is 27.6. The molecule has 14 heteroatoms. The number of ether oxygens (including phenoxy) is 6. The molecule has 0 aromatic carbocycles. The van der Waals surface area contributed by atoms with Gasteiger partial charge in [0.1, 0.15) is 24.4 Å². The molecule has 4 saturated carbocycles. The van der Waals surface area contributed by atoms with Gasteiger partial charge in [0.05, 0.1) is 5.92 Å². The van der Waals surface area contributed by atoms with Crippen LogP contribution in [0.1, 0.15) is 46.5 Å². The second-order valence-electron chi connectivity index (χ2n) is 12.2. The number of esters is 5. The summed E-state index contributed by atoms with van der Waals surface area (Å²) >= 11 is 0. The van der Waals surface area contributed by atoms with E-state index < -0.39 is 49.0 Å². The summed E-state index contributed by atoms with van der Waals surface area (Å²) in [7, 11) is 0. The van der Waals surface area contributed by atoms with Gasteiger partial charge >= 0.3 is 52.9 Å². The van der Waals surface area contributed by atoms with Crippen LogP contribution in [0, 0.1) is 42.9 Å². The maximum Gasteiger partial charge on any atom is 2.00 e. The molecule has 6 rings (SSSR count). The molecule has 0 aromatic heterocycles. The van der Waals surface area contributed by atoms with Crippen LogP contribution in [0.25, 0.3) is 0 Å². The Hall–Kier alpha value is -2.19. The van der Waals surface area contributed by atoms with Crippen LogP contribution in [0.15, 0.2) is 24.3 Å². The Morgan fingerprint density at radius 1 is 0.864 bits per heavy atom. The van der Waals surface area contributed by atoms with E-state index in [9.17, 15) is 29.1 Å². The molecule has 4 bridgehead atoms. The van der Waals surface area contributed by atoms with Crippen molar-refractivity contribution in [1.82, 2.24) is 0 Å². The molecule has 1 N–H and O–H groups in total. The van der Waals surface area contributed by atoms with Gasteiger partial charge in [0.25, 0.3) is 0 Å². The number of carbonyl (C=O) groups is 5. The molecule has 11 atom stereocenters. The van der Waals surface area contributed by atoms with Crippen LogP contribution < -0.4 is 12.4 Å². The van der Waals surface area contributed by atoms with Crippen LogP contribution in [-0.4, -0.2) is 101 Å². The summed E-state index contributed by atoms with van der Waals surface area (Å²) in [5.41, 5.74) is 0.464. The van der Waals surface area contributed by atoms with E-state index in [0.717, 1.165) is 25.7 Å². The van der Waals surface area contributed by atoms with Crippen molar-refractivity contribution in [2.45, 2.75) is 76.7 Å². The van der Waals surface area contributed by atoms with Gasteiger partial charge in [-0.3, -0.25) is 4.79 Å². The maximum atomic E-state index is 11.8. The molecule has 240 valence electrons. The van der Waals surface area contributed by atoms with Crippen LogP contribution in [0.2, 0.25) is 0 Å². The van der Waals surface area contributed by atoms with Crippen LogP contribution in [0.3, 0.4) is 0 Å². The molecule has 2 heterocycles. The van der Waals surface area contributed by atoms with Gasteiger partial charge in [-0.25, -0.2) is 19.2 Å². The third-order valence-electron chi connectivity index (χ3n) is 9.21. The minimum absolute atomic E-state index is 0. The zero-order valence-electron chi connectivity index (χ0n) is 25.5. The van der Waals surface area contributed by atoms with E-state index in [1.165, 1.54) is 13.8 Å². The van der Waals surface area contributed by atoms with Crippen molar-refractivity contribution in [2.24, 2.45) is 35.5 Å². The largest absolute Gasteiger partial charge is 2.00 e. The minimum atomic E-state index is -1.13. The van der Waals surface area contributed by atoms with E-state index in [1.807, 2.05) is 0 Å². The summed E-state index contributed by atoms with van der Waals surface area (Å²) in [6, 6.07) is 0. The summed E-state index contributed by atoms with van der Waals surface area (Å²) in [6.45, 7) is 10.7. The van der Waals surface area contributed by atoms with Crippen molar-refractivity contribution < 1.29 is 69.9 Å². The Morgan fingerprint density at radius 2 is 1.34 bits per heavy atom. The molecule has 2 aliphatic heterocycles. The predicted molar refractivity (Wildman–Crippen MR) is 148 cm³/mol. The smallest absolute Gasteiger partial charge is 1.00 e. The number of rotatable bonds is 8. The fourth-order valence-corrected chi connectivity index (χ4v) is 7.48. The van der Waals surface area contributed by atoms with Crippen LogP contribution in [0.5, 0.6) is 0 Å². The average molecular weight is 651 g/mol. The number of hydrogen-bond donors (Lipinski definition) is 1. The van der Waals surface area contributed by atoms with Crippen molar-refractivity contribution in [3.63, 3.8) is 0 Å².